The zero-order valence-corrected chi connectivity index (χ0v) is 19.0. The van der Waals surface area contributed by atoms with Gasteiger partial charge in [-0.1, -0.05) is 35.9 Å². The molecule has 0 unspecified atom stereocenters. The molecular formula is C25H33N3O3. The highest BCUT2D eigenvalue weighted by atomic mass is 16.6. The Labute approximate surface area is 185 Å². The molecule has 0 spiro atoms. The van der Waals surface area contributed by atoms with E-state index in [1.165, 1.54) is 5.56 Å². The lowest BCUT2D eigenvalue weighted by atomic mass is 9.93. The van der Waals surface area contributed by atoms with Crippen LogP contribution in [0.3, 0.4) is 0 Å². The van der Waals surface area contributed by atoms with Crippen LogP contribution in [-0.2, 0) is 21.5 Å². The van der Waals surface area contributed by atoms with E-state index < -0.39 is 5.60 Å². The maximum atomic E-state index is 12.9. The van der Waals surface area contributed by atoms with E-state index in [2.05, 4.69) is 16.4 Å². The molecule has 1 heterocycles. The lowest BCUT2D eigenvalue weighted by molar-refractivity contribution is -0.123. The summed E-state index contributed by atoms with van der Waals surface area (Å²) >= 11 is 0. The normalized spacial score (nSPS) is 14.6. The van der Waals surface area contributed by atoms with E-state index in [-0.39, 0.29) is 17.4 Å². The first-order valence-corrected chi connectivity index (χ1v) is 10.9. The third kappa shape index (κ3) is 6.29. The Morgan fingerprint density at radius 1 is 1.19 bits per heavy atom. The van der Waals surface area contributed by atoms with Crippen LogP contribution < -0.4 is 5.32 Å². The average Bonchev–Trinajstić information content (AvgIpc) is 3.52. The zero-order chi connectivity index (χ0) is 22.5. The number of pyridine rings is 1. The van der Waals surface area contributed by atoms with Gasteiger partial charge in [-0.05, 0) is 64.2 Å². The van der Waals surface area contributed by atoms with Crippen molar-refractivity contribution in [2.45, 2.75) is 64.5 Å². The number of amides is 2. The molecule has 31 heavy (non-hydrogen) atoms. The van der Waals surface area contributed by atoms with Gasteiger partial charge >= 0.3 is 6.09 Å². The number of carbonyl (C=O) groups is 2. The number of nitrogens with one attached hydrogen (secondary N) is 1. The molecule has 1 fully saturated rings. The van der Waals surface area contributed by atoms with Crippen LogP contribution in [0.5, 0.6) is 0 Å². The van der Waals surface area contributed by atoms with Crippen LogP contribution in [0.1, 0.15) is 56.7 Å². The number of carbonyl (C=O) groups excluding carboxylic acids is 2. The van der Waals surface area contributed by atoms with Crippen LogP contribution in [0.2, 0.25) is 0 Å². The van der Waals surface area contributed by atoms with Gasteiger partial charge < -0.3 is 15.0 Å². The second-order valence-electron chi connectivity index (χ2n) is 9.32. The molecule has 0 aliphatic heterocycles. The number of aromatic nitrogens is 1. The van der Waals surface area contributed by atoms with Crippen LogP contribution in [0.25, 0.3) is 0 Å². The molecule has 0 bridgehead atoms. The first kappa shape index (κ1) is 22.8. The summed E-state index contributed by atoms with van der Waals surface area (Å²) in [7, 11) is 0. The van der Waals surface area contributed by atoms with Gasteiger partial charge in [-0.15, -0.1) is 0 Å². The summed E-state index contributed by atoms with van der Waals surface area (Å²) < 4.78 is 5.56. The monoisotopic (exact) mass is 423 g/mol. The first-order valence-electron chi connectivity index (χ1n) is 10.9. The first-order chi connectivity index (χ1) is 14.7. The highest BCUT2D eigenvalue weighted by molar-refractivity contribution is 5.91. The highest BCUT2D eigenvalue weighted by Crippen LogP contribution is 2.48. The SMILES string of the molecule is Cc1cccc(C2(C(=O)NCCCN(Cc3cccnc3)C(=O)OC(C)(C)C)CC2)c1. The smallest absolute Gasteiger partial charge is 0.410 e. The Kier molecular flexibility index (Phi) is 6.98. The summed E-state index contributed by atoms with van der Waals surface area (Å²) in [5.74, 6) is 0.0779. The lowest BCUT2D eigenvalue weighted by Gasteiger charge is -2.27. The van der Waals surface area contributed by atoms with Crippen molar-refractivity contribution < 1.29 is 14.3 Å². The molecule has 1 N–H and O–H groups in total. The number of aryl methyl sites for hydroxylation is 1. The zero-order valence-electron chi connectivity index (χ0n) is 19.0. The Balaban J connectivity index is 1.55. The van der Waals surface area contributed by atoms with Gasteiger partial charge in [0, 0.05) is 25.5 Å². The van der Waals surface area contributed by atoms with Crippen LogP contribution >= 0.6 is 0 Å². The number of rotatable bonds is 8. The maximum Gasteiger partial charge on any atom is 0.410 e. The topological polar surface area (TPSA) is 71.5 Å². The number of hydrogen-bond acceptors (Lipinski definition) is 4. The summed E-state index contributed by atoms with van der Waals surface area (Å²) in [6, 6.07) is 12.0. The van der Waals surface area contributed by atoms with Gasteiger partial charge in [0.1, 0.15) is 5.60 Å². The van der Waals surface area contributed by atoms with Crippen LogP contribution in [-0.4, -0.2) is 40.6 Å². The largest absolute Gasteiger partial charge is 0.444 e. The summed E-state index contributed by atoms with van der Waals surface area (Å²) in [5.41, 5.74) is 2.25. The minimum Gasteiger partial charge on any atom is -0.444 e. The van der Waals surface area contributed by atoms with Gasteiger partial charge in [-0.2, -0.15) is 0 Å². The molecule has 3 rings (SSSR count). The molecule has 1 aromatic heterocycles. The highest BCUT2D eigenvalue weighted by Gasteiger charge is 2.51. The van der Waals surface area contributed by atoms with Crippen molar-refractivity contribution in [3.8, 4) is 0 Å². The van der Waals surface area contributed by atoms with Crippen LogP contribution in [0.15, 0.2) is 48.8 Å². The molecule has 1 aliphatic carbocycles. The van der Waals surface area contributed by atoms with Crippen molar-refractivity contribution >= 4 is 12.0 Å². The fourth-order valence-electron chi connectivity index (χ4n) is 3.63. The summed E-state index contributed by atoms with van der Waals surface area (Å²) in [4.78, 5) is 31.3. The average molecular weight is 424 g/mol. The predicted octanol–water partition coefficient (Wildman–Crippen LogP) is 4.37. The van der Waals surface area contributed by atoms with E-state index in [0.717, 1.165) is 24.0 Å². The molecule has 0 saturated heterocycles. The molecule has 1 aromatic carbocycles. The molecule has 0 radical (unpaired) electrons. The minimum atomic E-state index is -0.565. The second-order valence-corrected chi connectivity index (χ2v) is 9.32. The number of hydrogen-bond donors (Lipinski definition) is 1. The predicted molar refractivity (Wildman–Crippen MR) is 121 cm³/mol. The molecular weight excluding hydrogens is 390 g/mol. The molecule has 2 amide bonds. The van der Waals surface area contributed by atoms with Crippen molar-refractivity contribution in [3.05, 3.63) is 65.5 Å². The third-order valence-corrected chi connectivity index (χ3v) is 5.39. The quantitative estimate of drug-likeness (QED) is 0.640. The molecule has 1 saturated carbocycles. The Morgan fingerprint density at radius 3 is 2.58 bits per heavy atom. The third-order valence-electron chi connectivity index (χ3n) is 5.39. The fraction of sp³-hybridized carbons (Fsp3) is 0.480. The fourth-order valence-corrected chi connectivity index (χ4v) is 3.63. The lowest BCUT2D eigenvalue weighted by Crippen LogP contribution is -2.39. The summed E-state index contributed by atoms with van der Waals surface area (Å²) in [5, 5.41) is 3.08. The van der Waals surface area contributed by atoms with E-state index in [0.29, 0.717) is 26.1 Å². The number of ether oxygens (including phenoxy) is 1. The Morgan fingerprint density at radius 2 is 1.97 bits per heavy atom. The van der Waals surface area contributed by atoms with Crippen LogP contribution in [0, 0.1) is 6.92 Å². The molecule has 6 nitrogen and oxygen atoms in total. The van der Waals surface area contributed by atoms with E-state index in [1.54, 1.807) is 17.3 Å². The second kappa shape index (κ2) is 9.50. The van der Waals surface area contributed by atoms with Crippen molar-refractivity contribution in [3.63, 3.8) is 0 Å². The van der Waals surface area contributed by atoms with E-state index in [1.807, 2.05) is 58.0 Å². The van der Waals surface area contributed by atoms with Crippen molar-refractivity contribution in [2.75, 3.05) is 13.1 Å². The van der Waals surface area contributed by atoms with E-state index >= 15 is 0 Å². The summed E-state index contributed by atoms with van der Waals surface area (Å²) in [6.07, 6.45) is 5.51. The van der Waals surface area contributed by atoms with Gasteiger partial charge in [0.15, 0.2) is 0 Å². The van der Waals surface area contributed by atoms with Gasteiger partial charge in [0.2, 0.25) is 5.91 Å². The standard InChI is InChI=1S/C25H33N3O3/c1-19-8-5-10-21(16-19)25(11-12-25)22(29)27-14-7-15-28(23(30)31-24(2,3)4)18-20-9-6-13-26-17-20/h5-6,8-10,13,16-17H,7,11-12,14-15,18H2,1-4H3,(H,27,29). The molecule has 2 aromatic rings. The summed E-state index contributed by atoms with van der Waals surface area (Å²) in [6.45, 7) is 9.03. The molecule has 1 aliphatic rings. The Hall–Kier alpha value is -2.89. The maximum absolute atomic E-state index is 12.9. The van der Waals surface area contributed by atoms with Crippen molar-refractivity contribution in [1.29, 1.82) is 0 Å². The minimum absolute atomic E-state index is 0.0779. The number of nitrogens with zero attached hydrogens (tertiary/aromatic N) is 2. The van der Waals surface area contributed by atoms with Gasteiger partial charge in [0.25, 0.3) is 0 Å². The van der Waals surface area contributed by atoms with E-state index in [4.69, 9.17) is 4.74 Å². The van der Waals surface area contributed by atoms with Crippen molar-refractivity contribution in [1.82, 2.24) is 15.2 Å². The van der Waals surface area contributed by atoms with E-state index in [9.17, 15) is 9.59 Å². The van der Waals surface area contributed by atoms with Gasteiger partial charge in [-0.3, -0.25) is 9.78 Å². The van der Waals surface area contributed by atoms with Gasteiger partial charge in [-0.25, -0.2) is 4.79 Å². The Bertz CT molecular complexity index is 902. The molecule has 166 valence electrons. The number of benzene rings is 1. The van der Waals surface area contributed by atoms with Crippen LogP contribution in [0.4, 0.5) is 4.79 Å². The molecule has 6 heteroatoms. The van der Waals surface area contributed by atoms with Gasteiger partial charge in [0.05, 0.1) is 12.0 Å². The molecule has 0 atom stereocenters. The van der Waals surface area contributed by atoms with Crippen molar-refractivity contribution in [2.24, 2.45) is 0 Å².